The third-order valence-electron chi connectivity index (χ3n) is 2.51. The number of ketones is 1. The molecule has 0 spiro atoms. The quantitative estimate of drug-likeness (QED) is 0.654. The summed E-state index contributed by atoms with van der Waals surface area (Å²) >= 11 is 0. The van der Waals surface area contributed by atoms with Gasteiger partial charge in [-0.1, -0.05) is 13.8 Å². The fourth-order valence-electron chi connectivity index (χ4n) is 1.86. The first-order valence-corrected chi connectivity index (χ1v) is 5.01. The van der Waals surface area contributed by atoms with Gasteiger partial charge in [-0.05, 0) is 12.3 Å². The van der Waals surface area contributed by atoms with Crippen LogP contribution in [0, 0.1) is 5.92 Å². The van der Waals surface area contributed by atoms with Gasteiger partial charge in [0.15, 0.2) is 0 Å². The van der Waals surface area contributed by atoms with Gasteiger partial charge < -0.3 is 0 Å². The number of nitrogens with zero attached hydrogens (tertiary/aromatic N) is 2. The molecule has 0 saturated carbocycles. The van der Waals surface area contributed by atoms with Crippen molar-refractivity contribution in [2.75, 3.05) is 0 Å². The zero-order chi connectivity index (χ0) is 10.1. The second-order valence-corrected chi connectivity index (χ2v) is 4.17. The Bertz CT molecular complexity index is 350. The first-order valence-electron chi connectivity index (χ1n) is 5.01. The van der Waals surface area contributed by atoms with Crippen molar-refractivity contribution in [3.05, 3.63) is 11.3 Å². The van der Waals surface area contributed by atoms with E-state index in [0.717, 1.165) is 17.7 Å². The maximum Gasteiger partial charge on any atom is 0.201 e. The number of carbonyl (C=O) groups excluding carboxylic acids is 1. The van der Waals surface area contributed by atoms with Gasteiger partial charge in [-0.15, -0.1) is 0 Å². The normalized spacial score (nSPS) is 25.1. The summed E-state index contributed by atoms with van der Waals surface area (Å²) in [4.78, 5) is 19.9. The highest BCUT2D eigenvalue weighted by Gasteiger charge is 2.27. The van der Waals surface area contributed by atoms with Crippen LogP contribution < -0.4 is 0 Å². The fraction of sp³-hybridized carbons (Fsp3) is 0.545. The molecule has 0 aromatic carbocycles. The first kappa shape index (κ1) is 9.31. The van der Waals surface area contributed by atoms with Crippen LogP contribution in [0.1, 0.15) is 26.7 Å². The lowest BCUT2D eigenvalue weighted by Gasteiger charge is -2.18. The number of hydrogen-bond acceptors (Lipinski definition) is 3. The van der Waals surface area contributed by atoms with Crippen LogP contribution in [0.2, 0.25) is 0 Å². The second-order valence-electron chi connectivity index (χ2n) is 4.17. The molecule has 74 valence electrons. The molecule has 2 aliphatic heterocycles. The van der Waals surface area contributed by atoms with Crippen LogP contribution in [0.3, 0.4) is 0 Å². The number of dihydropyridines is 1. The van der Waals surface area contributed by atoms with Crippen LogP contribution in [-0.2, 0) is 4.79 Å². The number of rotatable bonds is 2. The maximum atomic E-state index is 11.4. The molecule has 2 rings (SSSR count). The Labute approximate surface area is 83.6 Å². The third kappa shape index (κ3) is 1.54. The van der Waals surface area contributed by atoms with E-state index in [4.69, 9.17) is 0 Å². The van der Waals surface area contributed by atoms with Gasteiger partial charge in [0.05, 0.1) is 18.0 Å². The van der Waals surface area contributed by atoms with Crippen LogP contribution >= 0.6 is 0 Å². The lowest BCUT2D eigenvalue weighted by molar-refractivity contribution is -0.109. The highest BCUT2D eigenvalue weighted by atomic mass is 16.1. The average molecular weight is 190 g/mol. The van der Waals surface area contributed by atoms with E-state index < -0.39 is 0 Å². The van der Waals surface area contributed by atoms with Gasteiger partial charge in [0.1, 0.15) is 0 Å². The Morgan fingerprint density at radius 1 is 1.57 bits per heavy atom. The molecule has 1 atom stereocenters. The fourth-order valence-corrected chi connectivity index (χ4v) is 1.86. The third-order valence-corrected chi connectivity index (χ3v) is 2.51. The standard InChI is InChI=1S/C11H14N2O/c1-7(2)5-9-11-8(3-4-12-11)10(14)6-13-9/h4,6-7,9H,3,5H2,1-2H3. The van der Waals surface area contributed by atoms with Crippen molar-refractivity contribution in [2.45, 2.75) is 32.7 Å². The van der Waals surface area contributed by atoms with E-state index in [2.05, 4.69) is 23.8 Å². The minimum atomic E-state index is 0.0394. The molecule has 0 amide bonds. The first-order chi connectivity index (χ1) is 6.68. The van der Waals surface area contributed by atoms with Crippen molar-refractivity contribution in [1.29, 1.82) is 0 Å². The lowest BCUT2D eigenvalue weighted by Crippen LogP contribution is -2.20. The van der Waals surface area contributed by atoms with E-state index in [1.54, 1.807) is 0 Å². The number of hydrogen-bond donors (Lipinski definition) is 0. The van der Waals surface area contributed by atoms with E-state index in [9.17, 15) is 4.79 Å². The van der Waals surface area contributed by atoms with Crippen LogP contribution in [-0.4, -0.2) is 24.3 Å². The predicted octanol–water partition coefficient (Wildman–Crippen LogP) is 1.78. The summed E-state index contributed by atoms with van der Waals surface area (Å²) in [5.41, 5.74) is 1.76. The topological polar surface area (TPSA) is 41.8 Å². The van der Waals surface area contributed by atoms with Crippen LogP contribution in [0.15, 0.2) is 21.3 Å². The summed E-state index contributed by atoms with van der Waals surface area (Å²) in [5.74, 6) is 0.618. The van der Waals surface area contributed by atoms with Gasteiger partial charge in [0.2, 0.25) is 5.78 Å². The minimum absolute atomic E-state index is 0.0394. The van der Waals surface area contributed by atoms with Crippen molar-refractivity contribution in [1.82, 2.24) is 0 Å². The van der Waals surface area contributed by atoms with Gasteiger partial charge in [-0.25, -0.2) is 0 Å². The second kappa shape index (κ2) is 3.48. The van der Waals surface area contributed by atoms with E-state index in [0.29, 0.717) is 12.3 Å². The van der Waals surface area contributed by atoms with Gasteiger partial charge in [0.25, 0.3) is 0 Å². The number of aliphatic imine (C=N–C) groups is 2. The SMILES string of the molecule is CC(C)CC1N=CC(=O)C2=C1N=CC2. The van der Waals surface area contributed by atoms with Gasteiger partial charge in [-0.2, -0.15) is 0 Å². The zero-order valence-corrected chi connectivity index (χ0v) is 8.53. The molecule has 0 aromatic heterocycles. The van der Waals surface area contributed by atoms with Crippen LogP contribution in [0.25, 0.3) is 0 Å². The van der Waals surface area contributed by atoms with Crippen molar-refractivity contribution < 1.29 is 4.79 Å². The molecule has 14 heavy (non-hydrogen) atoms. The summed E-state index contributed by atoms with van der Waals surface area (Å²) in [6, 6.07) is 0.112. The maximum absolute atomic E-state index is 11.4. The van der Waals surface area contributed by atoms with Gasteiger partial charge >= 0.3 is 0 Å². The summed E-state index contributed by atoms with van der Waals surface area (Å²) < 4.78 is 0. The van der Waals surface area contributed by atoms with E-state index in [1.807, 2.05) is 6.21 Å². The van der Waals surface area contributed by atoms with E-state index in [-0.39, 0.29) is 11.8 Å². The average Bonchev–Trinajstić information content (AvgIpc) is 2.58. The predicted molar refractivity (Wildman–Crippen MR) is 56.9 cm³/mol. The molecule has 2 heterocycles. The molecule has 0 radical (unpaired) electrons. The number of allylic oxidation sites excluding steroid dienone is 1. The highest BCUT2D eigenvalue weighted by Crippen LogP contribution is 2.28. The van der Waals surface area contributed by atoms with Gasteiger partial charge in [-0.3, -0.25) is 14.8 Å². The summed E-state index contributed by atoms with van der Waals surface area (Å²) in [7, 11) is 0. The Hall–Kier alpha value is -1.25. The Morgan fingerprint density at radius 3 is 3.07 bits per heavy atom. The molecule has 0 bridgehead atoms. The molecule has 0 fully saturated rings. The van der Waals surface area contributed by atoms with Crippen molar-refractivity contribution in [3.8, 4) is 0 Å². The summed E-state index contributed by atoms with van der Waals surface area (Å²) in [6.07, 6.45) is 4.93. The Morgan fingerprint density at radius 2 is 2.36 bits per heavy atom. The molecular formula is C11H14N2O. The zero-order valence-electron chi connectivity index (χ0n) is 8.53. The van der Waals surface area contributed by atoms with Crippen LogP contribution in [0.5, 0.6) is 0 Å². The molecule has 0 aliphatic carbocycles. The highest BCUT2D eigenvalue weighted by molar-refractivity contribution is 6.37. The molecule has 0 saturated heterocycles. The molecule has 1 unspecified atom stereocenters. The van der Waals surface area contributed by atoms with E-state index in [1.165, 1.54) is 6.21 Å². The van der Waals surface area contributed by atoms with Crippen molar-refractivity contribution in [3.63, 3.8) is 0 Å². The molecule has 2 aliphatic rings. The molecule has 3 heteroatoms. The Balaban J connectivity index is 2.23. The largest absolute Gasteiger partial charge is 0.288 e. The summed E-state index contributed by atoms with van der Waals surface area (Å²) in [5, 5.41) is 0. The Kier molecular flexibility index (Phi) is 2.32. The molecule has 0 aromatic rings. The smallest absolute Gasteiger partial charge is 0.201 e. The van der Waals surface area contributed by atoms with Crippen molar-refractivity contribution in [2.24, 2.45) is 15.9 Å². The van der Waals surface area contributed by atoms with E-state index >= 15 is 0 Å². The number of Topliss-reactive ketones (excluding diaryl/α,β-unsaturated/α-hetero) is 1. The monoisotopic (exact) mass is 190 g/mol. The lowest BCUT2D eigenvalue weighted by atomic mass is 9.95. The number of carbonyl (C=O) groups is 1. The van der Waals surface area contributed by atoms with Crippen LogP contribution in [0.4, 0.5) is 0 Å². The molecule has 3 nitrogen and oxygen atoms in total. The summed E-state index contributed by atoms with van der Waals surface area (Å²) in [6.45, 7) is 4.32. The van der Waals surface area contributed by atoms with Gasteiger partial charge in [0, 0.05) is 18.2 Å². The van der Waals surface area contributed by atoms with Crippen molar-refractivity contribution >= 4 is 18.2 Å². The molecular weight excluding hydrogens is 176 g/mol. The molecule has 0 N–H and O–H groups in total. The minimum Gasteiger partial charge on any atom is -0.288 e.